The van der Waals surface area contributed by atoms with E-state index in [-0.39, 0.29) is 90.3 Å². The van der Waals surface area contributed by atoms with E-state index in [9.17, 15) is 19.2 Å². The normalized spacial score (nSPS) is 52.7. The van der Waals surface area contributed by atoms with Gasteiger partial charge in [-0.2, -0.15) is 0 Å². The van der Waals surface area contributed by atoms with Crippen molar-refractivity contribution in [3.8, 4) is 0 Å². The minimum atomic E-state index is -1.30. The van der Waals surface area contributed by atoms with E-state index in [2.05, 4.69) is 63.7 Å². The minimum absolute atomic E-state index is 0.0974. The average Bonchev–Trinajstić information content (AvgIpc) is 3.48. The maximum Gasteiger partial charge on any atom is 0.235 e. The fourth-order valence-electron chi connectivity index (χ4n) is 7.88. The highest BCUT2D eigenvalue weighted by Gasteiger charge is 2.72. The SMILES string of the molecule is CC(C)(N1C(=O)C2C3CC(C(Br)C3Br)C2C1=O)N1C(=O)C2C3CC(C(Br)C3Br)C2C1=O. The van der Waals surface area contributed by atoms with Gasteiger partial charge in [0, 0.05) is 19.3 Å². The van der Waals surface area contributed by atoms with Gasteiger partial charge in [0.2, 0.25) is 23.6 Å². The fraction of sp³-hybridized carbons (Fsp3) is 0.810. The van der Waals surface area contributed by atoms with E-state index in [1.165, 1.54) is 9.80 Å². The zero-order chi connectivity index (χ0) is 22.3. The molecule has 4 aliphatic carbocycles. The van der Waals surface area contributed by atoms with Crippen molar-refractivity contribution < 1.29 is 19.2 Å². The van der Waals surface area contributed by atoms with E-state index in [1.54, 1.807) is 13.8 Å². The predicted molar refractivity (Wildman–Crippen MR) is 126 cm³/mol. The number of halogens is 4. The first-order valence-electron chi connectivity index (χ1n) is 10.8. The second-order valence-corrected chi connectivity index (χ2v) is 14.8. The van der Waals surface area contributed by atoms with Gasteiger partial charge in [-0.25, -0.2) is 0 Å². The molecule has 168 valence electrons. The second kappa shape index (κ2) is 6.66. The van der Waals surface area contributed by atoms with Crippen molar-refractivity contribution in [1.29, 1.82) is 0 Å². The smallest absolute Gasteiger partial charge is 0.235 e. The lowest BCUT2D eigenvalue weighted by molar-refractivity contribution is -0.165. The van der Waals surface area contributed by atoms with Gasteiger partial charge in [0.15, 0.2) is 0 Å². The summed E-state index contributed by atoms with van der Waals surface area (Å²) in [6.45, 7) is 3.36. The molecular weight excluding hydrogens is 664 g/mol. The number of nitrogens with zero attached hydrogens (tertiary/aromatic N) is 2. The quantitative estimate of drug-likeness (QED) is 0.331. The third-order valence-electron chi connectivity index (χ3n) is 9.07. The molecular formula is C21H22Br4N2O4. The lowest BCUT2D eigenvalue weighted by atomic mass is 9.81. The fourth-order valence-corrected chi connectivity index (χ4v) is 11.6. The highest BCUT2D eigenvalue weighted by molar-refractivity contribution is 9.12. The van der Waals surface area contributed by atoms with Crippen molar-refractivity contribution in [2.45, 2.75) is 51.7 Å². The topological polar surface area (TPSA) is 74.8 Å². The van der Waals surface area contributed by atoms with E-state index in [4.69, 9.17) is 0 Å². The Morgan fingerprint density at radius 3 is 1.03 bits per heavy atom. The van der Waals surface area contributed by atoms with Gasteiger partial charge in [-0.1, -0.05) is 63.7 Å². The summed E-state index contributed by atoms with van der Waals surface area (Å²) in [4.78, 5) is 57.3. The summed E-state index contributed by atoms with van der Waals surface area (Å²) in [6.07, 6.45) is 1.70. The van der Waals surface area contributed by atoms with Gasteiger partial charge in [0.25, 0.3) is 0 Å². The van der Waals surface area contributed by atoms with E-state index >= 15 is 0 Å². The van der Waals surface area contributed by atoms with Crippen LogP contribution in [0.3, 0.4) is 0 Å². The minimum Gasteiger partial charge on any atom is -0.274 e. The molecule has 4 bridgehead atoms. The number of alkyl halides is 4. The Kier molecular flexibility index (Phi) is 4.66. The van der Waals surface area contributed by atoms with Crippen LogP contribution in [0.15, 0.2) is 0 Å². The Hall–Kier alpha value is 0.200. The van der Waals surface area contributed by atoms with Crippen molar-refractivity contribution in [2.24, 2.45) is 47.3 Å². The lowest BCUT2D eigenvalue weighted by Gasteiger charge is -2.41. The van der Waals surface area contributed by atoms with E-state index < -0.39 is 5.66 Å². The van der Waals surface area contributed by atoms with Crippen LogP contribution < -0.4 is 0 Å². The van der Waals surface area contributed by atoms with Gasteiger partial charge in [-0.15, -0.1) is 0 Å². The number of carbonyl (C=O) groups excluding carboxylic acids is 4. The molecule has 0 aromatic carbocycles. The Bertz CT molecular complexity index is 806. The molecule has 6 rings (SSSR count). The Labute approximate surface area is 214 Å². The van der Waals surface area contributed by atoms with Crippen LogP contribution in [-0.2, 0) is 19.2 Å². The molecule has 0 radical (unpaired) electrons. The maximum absolute atomic E-state index is 13.6. The molecule has 0 N–H and O–H groups in total. The number of carbonyl (C=O) groups is 4. The number of likely N-dealkylation sites (tertiary alicyclic amines) is 2. The van der Waals surface area contributed by atoms with Crippen molar-refractivity contribution in [2.75, 3.05) is 0 Å². The van der Waals surface area contributed by atoms with Gasteiger partial charge in [0.1, 0.15) is 5.66 Å². The van der Waals surface area contributed by atoms with Crippen molar-refractivity contribution in [1.82, 2.24) is 9.80 Å². The number of hydrogen-bond donors (Lipinski definition) is 0. The molecule has 2 saturated heterocycles. The van der Waals surface area contributed by atoms with Crippen LogP contribution in [0.2, 0.25) is 0 Å². The zero-order valence-corrected chi connectivity index (χ0v) is 23.2. The number of fused-ring (bicyclic) bond motifs is 10. The third kappa shape index (κ3) is 2.39. The van der Waals surface area contributed by atoms with Crippen molar-refractivity contribution in [3.63, 3.8) is 0 Å². The first-order chi connectivity index (χ1) is 14.5. The maximum atomic E-state index is 13.6. The highest BCUT2D eigenvalue weighted by Crippen LogP contribution is 2.63. The number of amides is 4. The molecule has 2 aliphatic heterocycles. The molecule has 4 amide bonds. The summed E-state index contributed by atoms with van der Waals surface area (Å²) in [5.74, 6) is -1.98. The van der Waals surface area contributed by atoms with Gasteiger partial charge < -0.3 is 0 Å². The molecule has 6 nitrogen and oxygen atoms in total. The highest BCUT2D eigenvalue weighted by atomic mass is 79.9. The average molecular weight is 686 g/mol. The summed E-state index contributed by atoms with van der Waals surface area (Å²) < 4.78 is 0. The standard InChI is InChI=1S/C21H22Br4N2O4/c1-21(2,26-17(28)9-5-3-6(10(9)18(26)29)14(23)13(5)22)27-19(30)11-7-4-8(12(11)20(27)31)16(25)15(7)24/h5-16H,3-4H2,1-2H3. The van der Waals surface area contributed by atoms with Crippen LogP contribution in [0.5, 0.6) is 0 Å². The number of imide groups is 2. The Morgan fingerprint density at radius 2 is 0.806 bits per heavy atom. The number of hydrogen-bond acceptors (Lipinski definition) is 4. The van der Waals surface area contributed by atoms with E-state index in [0.29, 0.717) is 0 Å². The first kappa shape index (κ1) is 21.7. The molecule has 0 aromatic heterocycles. The third-order valence-corrected chi connectivity index (χ3v) is 15.5. The first-order valence-corrected chi connectivity index (χ1v) is 14.5. The van der Waals surface area contributed by atoms with Crippen LogP contribution in [0, 0.1) is 47.3 Å². The van der Waals surface area contributed by atoms with Crippen LogP contribution in [-0.4, -0.2) is 58.4 Å². The Morgan fingerprint density at radius 1 is 0.581 bits per heavy atom. The summed E-state index contributed by atoms with van der Waals surface area (Å²) in [5, 5.41) is 0. The molecule has 0 spiro atoms. The zero-order valence-electron chi connectivity index (χ0n) is 16.9. The van der Waals surface area contributed by atoms with Crippen LogP contribution in [0.4, 0.5) is 0 Å². The second-order valence-electron chi connectivity index (χ2n) is 10.5. The molecule has 12 atom stereocenters. The van der Waals surface area contributed by atoms with Crippen molar-refractivity contribution in [3.05, 3.63) is 0 Å². The van der Waals surface area contributed by atoms with E-state index in [1.807, 2.05) is 0 Å². The van der Waals surface area contributed by atoms with Crippen LogP contribution in [0.1, 0.15) is 26.7 Å². The lowest BCUT2D eigenvalue weighted by Crippen LogP contribution is -2.61. The Balaban J connectivity index is 1.35. The summed E-state index contributed by atoms with van der Waals surface area (Å²) in [6, 6.07) is 0. The molecule has 2 heterocycles. The predicted octanol–water partition coefficient (Wildman–Crippen LogP) is 3.28. The van der Waals surface area contributed by atoms with Crippen molar-refractivity contribution >= 4 is 87.3 Å². The van der Waals surface area contributed by atoms with Gasteiger partial charge in [0.05, 0.1) is 23.7 Å². The molecule has 0 aromatic rings. The largest absolute Gasteiger partial charge is 0.274 e. The molecule has 10 heteroatoms. The van der Waals surface area contributed by atoms with Crippen LogP contribution >= 0.6 is 63.7 Å². The van der Waals surface area contributed by atoms with Gasteiger partial charge >= 0.3 is 0 Å². The summed E-state index contributed by atoms with van der Waals surface area (Å²) in [5.41, 5.74) is -1.30. The monoisotopic (exact) mass is 682 g/mol. The molecule has 6 aliphatic rings. The van der Waals surface area contributed by atoms with Gasteiger partial charge in [-0.3, -0.25) is 29.0 Å². The molecule has 31 heavy (non-hydrogen) atoms. The molecule has 4 saturated carbocycles. The van der Waals surface area contributed by atoms with E-state index in [0.717, 1.165) is 12.8 Å². The number of rotatable bonds is 2. The summed E-state index contributed by atoms with van der Waals surface area (Å²) >= 11 is 14.8. The molecule has 12 unspecified atom stereocenters. The van der Waals surface area contributed by atoms with Crippen LogP contribution in [0.25, 0.3) is 0 Å². The van der Waals surface area contributed by atoms with Gasteiger partial charge in [-0.05, 0) is 50.4 Å². The summed E-state index contributed by atoms with van der Waals surface area (Å²) in [7, 11) is 0. The molecule has 6 fully saturated rings.